The van der Waals surface area contributed by atoms with E-state index in [2.05, 4.69) is 48.5 Å². The molecule has 0 saturated heterocycles. The SMILES string of the molecule is CC(C)C(=O)CC[C@@H](C)[C@H]1CC[C@@]2(C)[C@@H]3CC[C@H]4C(C)(C)[C@@H](O)CC[C@@]45C[C@@]35CC[C@]12C. The lowest BCUT2D eigenvalue weighted by Crippen LogP contribution is -2.57. The van der Waals surface area contributed by atoms with E-state index in [1.54, 1.807) is 0 Å². The van der Waals surface area contributed by atoms with Gasteiger partial charge in [0.2, 0.25) is 0 Å². The number of fused-ring (bicyclic) bond motifs is 2. The minimum atomic E-state index is -0.109. The predicted molar refractivity (Wildman–Crippen MR) is 131 cm³/mol. The highest BCUT2D eigenvalue weighted by Crippen LogP contribution is 2.89. The molecule has 5 saturated carbocycles. The highest BCUT2D eigenvalue weighted by atomic mass is 16.3. The Labute approximate surface area is 197 Å². The third-order valence-corrected chi connectivity index (χ3v) is 13.3. The van der Waals surface area contributed by atoms with Gasteiger partial charge in [-0.05, 0) is 115 Å². The fourth-order valence-electron chi connectivity index (χ4n) is 11.2. The van der Waals surface area contributed by atoms with Crippen LogP contribution in [0, 0.1) is 56.7 Å². The zero-order valence-electron chi connectivity index (χ0n) is 22.1. The van der Waals surface area contributed by atoms with Crippen LogP contribution in [-0.2, 0) is 4.79 Å². The van der Waals surface area contributed by atoms with Crippen LogP contribution in [0.25, 0.3) is 0 Å². The van der Waals surface area contributed by atoms with Gasteiger partial charge in [0, 0.05) is 12.3 Å². The highest BCUT2D eigenvalue weighted by Gasteiger charge is 2.82. The molecule has 1 N–H and O–H groups in total. The summed E-state index contributed by atoms with van der Waals surface area (Å²) in [6.45, 7) is 16.7. The number of ketones is 1. The van der Waals surface area contributed by atoms with Crippen molar-refractivity contribution in [2.75, 3.05) is 0 Å². The van der Waals surface area contributed by atoms with Crippen molar-refractivity contribution in [2.24, 2.45) is 56.7 Å². The van der Waals surface area contributed by atoms with Gasteiger partial charge in [-0.25, -0.2) is 0 Å². The lowest BCUT2D eigenvalue weighted by molar-refractivity contribution is -0.161. The van der Waals surface area contributed by atoms with Crippen LogP contribution in [0.3, 0.4) is 0 Å². The quantitative estimate of drug-likeness (QED) is 0.481. The molecule has 2 heteroatoms. The van der Waals surface area contributed by atoms with Crippen molar-refractivity contribution in [3.05, 3.63) is 0 Å². The maximum Gasteiger partial charge on any atom is 0.135 e. The average molecular weight is 443 g/mol. The summed E-state index contributed by atoms with van der Waals surface area (Å²) < 4.78 is 0. The van der Waals surface area contributed by atoms with Crippen molar-refractivity contribution in [1.82, 2.24) is 0 Å². The molecule has 0 aromatic rings. The summed E-state index contributed by atoms with van der Waals surface area (Å²) in [7, 11) is 0. The molecule has 0 aliphatic heterocycles. The Morgan fingerprint density at radius 3 is 2.19 bits per heavy atom. The van der Waals surface area contributed by atoms with Crippen LogP contribution in [0.5, 0.6) is 0 Å². The Bertz CT molecular complexity index is 784. The van der Waals surface area contributed by atoms with Crippen LogP contribution in [0.1, 0.15) is 119 Å². The summed E-state index contributed by atoms with van der Waals surface area (Å²) in [5.41, 5.74) is 2.10. The fraction of sp³-hybridized carbons (Fsp3) is 0.967. The number of aliphatic hydroxyl groups excluding tert-OH is 1. The van der Waals surface area contributed by atoms with Gasteiger partial charge in [-0.3, -0.25) is 4.79 Å². The highest BCUT2D eigenvalue weighted by molar-refractivity contribution is 5.80. The molecule has 5 aliphatic rings. The Balaban J connectivity index is 1.39. The van der Waals surface area contributed by atoms with Gasteiger partial charge in [0.1, 0.15) is 5.78 Å². The first-order valence-electron chi connectivity index (χ1n) is 14.1. The van der Waals surface area contributed by atoms with Crippen LogP contribution in [0.4, 0.5) is 0 Å². The molecule has 0 aromatic heterocycles. The van der Waals surface area contributed by atoms with E-state index in [9.17, 15) is 9.90 Å². The second-order valence-corrected chi connectivity index (χ2v) is 14.7. The Kier molecular flexibility index (Phi) is 5.17. The Morgan fingerprint density at radius 2 is 1.50 bits per heavy atom. The molecule has 0 bridgehead atoms. The van der Waals surface area contributed by atoms with Gasteiger partial charge in [0.15, 0.2) is 0 Å². The number of hydrogen-bond acceptors (Lipinski definition) is 2. The normalized spacial score (nSPS) is 51.9. The van der Waals surface area contributed by atoms with Crippen molar-refractivity contribution < 1.29 is 9.90 Å². The van der Waals surface area contributed by atoms with Gasteiger partial charge in [-0.1, -0.05) is 48.5 Å². The predicted octanol–water partition coefficient (Wildman–Crippen LogP) is 7.43. The molecule has 182 valence electrons. The molecule has 0 aromatic carbocycles. The molecule has 5 aliphatic carbocycles. The minimum absolute atomic E-state index is 0.0874. The van der Waals surface area contributed by atoms with Gasteiger partial charge in [-0.15, -0.1) is 0 Å². The standard InChI is InChI=1S/C30H50O2/c1-19(2)22(31)9-8-20(3)21-12-14-28(7)24-11-10-23-26(4,5)25(32)13-15-29(23)18-30(24,29)17-16-27(21,28)6/h19-21,23-25,32H,8-18H2,1-7H3/t20-,21-,23+,24+,25+,27-,28+,29-,30+/m1/s1. The first kappa shape index (κ1) is 23.4. The third kappa shape index (κ3) is 2.71. The first-order valence-corrected chi connectivity index (χ1v) is 14.1. The molecular formula is C30H50O2. The summed E-state index contributed by atoms with van der Waals surface area (Å²) >= 11 is 0. The van der Waals surface area contributed by atoms with E-state index in [1.807, 2.05) is 0 Å². The van der Waals surface area contributed by atoms with E-state index >= 15 is 0 Å². The van der Waals surface area contributed by atoms with Crippen molar-refractivity contribution in [1.29, 1.82) is 0 Å². The maximum absolute atomic E-state index is 12.3. The molecule has 5 rings (SSSR count). The lowest BCUT2D eigenvalue weighted by atomic mass is 9.41. The molecule has 0 radical (unpaired) electrons. The number of carbonyl (C=O) groups is 1. The maximum atomic E-state index is 12.3. The summed E-state index contributed by atoms with van der Waals surface area (Å²) in [6.07, 6.45) is 13.8. The zero-order valence-corrected chi connectivity index (χ0v) is 22.1. The van der Waals surface area contributed by atoms with Crippen LogP contribution >= 0.6 is 0 Å². The summed E-state index contributed by atoms with van der Waals surface area (Å²) in [5.74, 6) is 3.67. The van der Waals surface area contributed by atoms with Gasteiger partial charge in [-0.2, -0.15) is 0 Å². The van der Waals surface area contributed by atoms with E-state index in [-0.39, 0.29) is 17.4 Å². The number of aliphatic hydroxyl groups is 1. The third-order valence-electron chi connectivity index (χ3n) is 13.3. The van der Waals surface area contributed by atoms with E-state index in [0.29, 0.717) is 33.4 Å². The number of rotatable bonds is 5. The number of hydrogen-bond donors (Lipinski definition) is 1. The topological polar surface area (TPSA) is 37.3 Å². The van der Waals surface area contributed by atoms with Crippen LogP contribution in [-0.4, -0.2) is 17.0 Å². The minimum Gasteiger partial charge on any atom is -0.393 e. The van der Waals surface area contributed by atoms with Gasteiger partial charge in [0.25, 0.3) is 0 Å². The van der Waals surface area contributed by atoms with Gasteiger partial charge < -0.3 is 5.11 Å². The van der Waals surface area contributed by atoms with Gasteiger partial charge in [0.05, 0.1) is 6.10 Å². The van der Waals surface area contributed by atoms with E-state index in [0.717, 1.165) is 37.0 Å². The van der Waals surface area contributed by atoms with E-state index < -0.39 is 0 Å². The van der Waals surface area contributed by atoms with Crippen LogP contribution < -0.4 is 0 Å². The Hall–Kier alpha value is -0.370. The summed E-state index contributed by atoms with van der Waals surface area (Å²) in [4.78, 5) is 12.3. The second-order valence-electron chi connectivity index (χ2n) is 14.7. The largest absolute Gasteiger partial charge is 0.393 e. The first-order chi connectivity index (χ1) is 14.9. The Morgan fingerprint density at radius 1 is 0.844 bits per heavy atom. The number of Topliss-reactive ketones (excluding diaryl/α,β-unsaturated/α-hetero) is 1. The molecule has 9 atom stereocenters. The van der Waals surface area contributed by atoms with Crippen LogP contribution in [0.2, 0.25) is 0 Å². The average Bonchev–Trinajstić information content (AvgIpc) is 3.31. The zero-order chi connectivity index (χ0) is 23.3. The second kappa shape index (κ2) is 7.08. The van der Waals surface area contributed by atoms with Crippen molar-refractivity contribution in [3.63, 3.8) is 0 Å². The van der Waals surface area contributed by atoms with E-state index in [1.165, 1.54) is 51.4 Å². The molecule has 0 unspecified atom stereocenters. The monoisotopic (exact) mass is 442 g/mol. The molecule has 0 heterocycles. The molecular weight excluding hydrogens is 392 g/mol. The smallest absolute Gasteiger partial charge is 0.135 e. The number of carbonyl (C=O) groups excluding carboxylic acids is 1. The van der Waals surface area contributed by atoms with Gasteiger partial charge >= 0.3 is 0 Å². The molecule has 2 spiro atoms. The summed E-state index contributed by atoms with van der Waals surface area (Å²) in [5, 5.41) is 10.8. The molecule has 2 nitrogen and oxygen atoms in total. The van der Waals surface area contributed by atoms with Crippen molar-refractivity contribution in [2.45, 2.75) is 125 Å². The van der Waals surface area contributed by atoms with E-state index in [4.69, 9.17) is 0 Å². The summed E-state index contributed by atoms with van der Waals surface area (Å²) in [6, 6.07) is 0. The van der Waals surface area contributed by atoms with Crippen molar-refractivity contribution >= 4 is 5.78 Å². The lowest BCUT2D eigenvalue weighted by Gasteiger charge is -2.63. The molecule has 5 fully saturated rings. The fourth-order valence-corrected chi connectivity index (χ4v) is 11.2. The molecule has 0 amide bonds. The van der Waals surface area contributed by atoms with Crippen molar-refractivity contribution in [3.8, 4) is 0 Å². The molecule has 32 heavy (non-hydrogen) atoms. The van der Waals surface area contributed by atoms with Crippen LogP contribution in [0.15, 0.2) is 0 Å².